The SMILES string of the molecule is Cn1c(SCC(=O)Nc2cccc(N3CCCC3=O)c2)nnc1-c1ccccc1Cl. The number of carbonyl (C=O) groups is 2. The van der Waals surface area contributed by atoms with E-state index in [2.05, 4.69) is 15.5 Å². The topological polar surface area (TPSA) is 80.1 Å². The second kappa shape index (κ2) is 8.89. The van der Waals surface area contributed by atoms with Gasteiger partial charge in [-0.3, -0.25) is 9.59 Å². The maximum Gasteiger partial charge on any atom is 0.234 e. The lowest BCUT2D eigenvalue weighted by Gasteiger charge is -2.16. The zero-order valence-electron chi connectivity index (χ0n) is 16.3. The van der Waals surface area contributed by atoms with E-state index >= 15 is 0 Å². The van der Waals surface area contributed by atoms with Crippen molar-refractivity contribution in [2.45, 2.75) is 18.0 Å². The van der Waals surface area contributed by atoms with Gasteiger partial charge in [0.2, 0.25) is 11.8 Å². The first-order valence-corrected chi connectivity index (χ1v) is 10.9. The molecule has 1 fully saturated rings. The van der Waals surface area contributed by atoms with Gasteiger partial charge in [0.05, 0.1) is 10.8 Å². The fraction of sp³-hybridized carbons (Fsp3) is 0.238. The summed E-state index contributed by atoms with van der Waals surface area (Å²) in [6.45, 7) is 0.714. The molecule has 154 valence electrons. The highest BCUT2D eigenvalue weighted by Gasteiger charge is 2.22. The molecule has 0 aliphatic carbocycles. The van der Waals surface area contributed by atoms with Crippen molar-refractivity contribution in [1.29, 1.82) is 0 Å². The lowest BCUT2D eigenvalue weighted by Crippen LogP contribution is -2.23. The van der Waals surface area contributed by atoms with E-state index in [4.69, 9.17) is 11.6 Å². The van der Waals surface area contributed by atoms with E-state index in [1.54, 1.807) is 11.0 Å². The summed E-state index contributed by atoms with van der Waals surface area (Å²) in [5, 5.41) is 12.5. The Balaban J connectivity index is 1.39. The Morgan fingerprint density at radius 1 is 1.20 bits per heavy atom. The molecule has 1 saturated heterocycles. The van der Waals surface area contributed by atoms with Gasteiger partial charge in [0.1, 0.15) is 0 Å². The van der Waals surface area contributed by atoms with Crippen LogP contribution in [0.1, 0.15) is 12.8 Å². The lowest BCUT2D eigenvalue weighted by molar-refractivity contribution is -0.117. The quantitative estimate of drug-likeness (QED) is 0.585. The van der Waals surface area contributed by atoms with Crippen LogP contribution < -0.4 is 10.2 Å². The average molecular weight is 442 g/mol. The van der Waals surface area contributed by atoms with Crippen molar-refractivity contribution >= 4 is 46.6 Å². The zero-order chi connectivity index (χ0) is 21.1. The van der Waals surface area contributed by atoms with Gasteiger partial charge in [-0.15, -0.1) is 10.2 Å². The minimum absolute atomic E-state index is 0.116. The zero-order valence-corrected chi connectivity index (χ0v) is 17.9. The van der Waals surface area contributed by atoms with Crippen LogP contribution in [0.4, 0.5) is 11.4 Å². The minimum atomic E-state index is -0.160. The van der Waals surface area contributed by atoms with Gasteiger partial charge >= 0.3 is 0 Å². The maximum atomic E-state index is 12.4. The highest BCUT2D eigenvalue weighted by Crippen LogP contribution is 2.28. The first kappa shape index (κ1) is 20.4. The van der Waals surface area contributed by atoms with Crippen LogP contribution >= 0.6 is 23.4 Å². The third kappa shape index (κ3) is 4.34. The van der Waals surface area contributed by atoms with E-state index in [0.29, 0.717) is 34.7 Å². The largest absolute Gasteiger partial charge is 0.325 e. The molecule has 0 bridgehead atoms. The normalized spacial score (nSPS) is 13.7. The van der Waals surface area contributed by atoms with Crippen molar-refractivity contribution < 1.29 is 9.59 Å². The van der Waals surface area contributed by atoms with Crippen molar-refractivity contribution in [1.82, 2.24) is 14.8 Å². The van der Waals surface area contributed by atoms with E-state index in [9.17, 15) is 9.59 Å². The van der Waals surface area contributed by atoms with Crippen LogP contribution in [0.2, 0.25) is 5.02 Å². The van der Waals surface area contributed by atoms with Crippen molar-refractivity contribution in [2.24, 2.45) is 7.05 Å². The first-order chi connectivity index (χ1) is 14.5. The number of rotatable bonds is 6. The summed E-state index contributed by atoms with van der Waals surface area (Å²) in [6.07, 6.45) is 1.43. The number of thioether (sulfide) groups is 1. The Kier molecular flexibility index (Phi) is 6.06. The van der Waals surface area contributed by atoms with Crippen LogP contribution in [0.5, 0.6) is 0 Å². The van der Waals surface area contributed by atoms with Crippen molar-refractivity contribution in [3.63, 3.8) is 0 Å². The molecular formula is C21H20ClN5O2S. The predicted octanol–water partition coefficient (Wildman–Crippen LogP) is 3.99. The number of amides is 2. The van der Waals surface area contributed by atoms with Crippen LogP contribution in [0.3, 0.4) is 0 Å². The van der Waals surface area contributed by atoms with Crippen LogP contribution in [-0.2, 0) is 16.6 Å². The van der Waals surface area contributed by atoms with Gasteiger partial charge in [-0.2, -0.15) is 0 Å². The van der Waals surface area contributed by atoms with Crippen LogP contribution in [0.25, 0.3) is 11.4 Å². The molecular weight excluding hydrogens is 422 g/mol. The Morgan fingerprint density at radius 2 is 2.03 bits per heavy atom. The molecule has 1 aromatic heterocycles. The Bertz CT molecular complexity index is 1100. The van der Waals surface area contributed by atoms with E-state index in [0.717, 1.165) is 17.7 Å². The Morgan fingerprint density at radius 3 is 2.80 bits per heavy atom. The number of hydrogen-bond donors (Lipinski definition) is 1. The fourth-order valence-corrected chi connectivity index (χ4v) is 4.25. The molecule has 2 heterocycles. The summed E-state index contributed by atoms with van der Waals surface area (Å²) >= 11 is 7.55. The molecule has 1 N–H and O–H groups in total. The van der Waals surface area contributed by atoms with E-state index in [1.165, 1.54) is 11.8 Å². The fourth-order valence-electron chi connectivity index (χ4n) is 3.32. The highest BCUT2D eigenvalue weighted by atomic mass is 35.5. The number of carbonyl (C=O) groups excluding carboxylic acids is 2. The third-order valence-electron chi connectivity index (χ3n) is 4.80. The molecule has 2 aromatic carbocycles. The van der Waals surface area contributed by atoms with Crippen LogP contribution in [-0.4, -0.2) is 38.9 Å². The first-order valence-electron chi connectivity index (χ1n) is 9.50. The summed E-state index contributed by atoms with van der Waals surface area (Å²) in [5.74, 6) is 0.783. The van der Waals surface area contributed by atoms with E-state index < -0.39 is 0 Å². The van der Waals surface area contributed by atoms with Gasteiger partial charge in [0.25, 0.3) is 0 Å². The number of benzene rings is 2. The maximum absolute atomic E-state index is 12.4. The van der Waals surface area contributed by atoms with Crippen molar-refractivity contribution in [2.75, 3.05) is 22.5 Å². The Hall–Kier alpha value is -2.84. The molecule has 0 saturated carbocycles. The molecule has 1 aliphatic rings. The second-order valence-electron chi connectivity index (χ2n) is 6.88. The molecule has 7 nitrogen and oxygen atoms in total. The van der Waals surface area contributed by atoms with Gasteiger partial charge in [0, 0.05) is 37.0 Å². The second-order valence-corrected chi connectivity index (χ2v) is 8.23. The monoisotopic (exact) mass is 441 g/mol. The predicted molar refractivity (Wildman–Crippen MR) is 119 cm³/mol. The molecule has 0 radical (unpaired) electrons. The molecule has 0 unspecified atom stereocenters. The highest BCUT2D eigenvalue weighted by molar-refractivity contribution is 7.99. The minimum Gasteiger partial charge on any atom is -0.325 e. The molecule has 3 aromatic rings. The summed E-state index contributed by atoms with van der Waals surface area (Å²) < 4.78 is 1.82. The van der Waals surface area contributed by atoms with Gasteiger partial charge in [0.15, 0.2) is 11.0 Å². The molecule has 0 spiro atoms. The van der Waals surface area contributed by atoms with Gasteiger partial charge < -0.3 is 14.8 Å². The molecule has 0 atom stereocenters. The van der Waals surface area contributed by atoms with Gasteiger partial charge in [-0.05, 0) is 36.8 Å². The number of hydrogen-bond acceptors (Lipinski definition) is 5. The van der Waals surface area contributed by atoms with Gasteiger partial charge in [-0.25, -0.2) is 0 Å². The third-order valence-corrected chi connectivity index (χ3v) is 6.15. The van der Waals surface area contributed by atoms with E-state index in [1.807, 2.05) is 54.1 Å². The summed E-state index contributed by atoms with van der Waals surface area (Å²) in [6, 6.07) is 14.8. The van der Waals surface area contributed by atoms with Crippen molar-refractivity contribution in [3.05, 3.63) is 53.6 Å². The molecule has 9 heteroatoms. The van der Waals surface area contributed by atoms with Crippen LogP contribution in [0.15, 0.2) is 53.7 Å². The van der Waals surface area contributed by atoms with Crippen LogP contribution in [0, 0.1) is 0 Å². The van der Waals surface area contributed by atoms with E-state index in [-0.39, 0.29) is 17.6 Å². The van der Waals surface area contributed by atoms with Gasteiger partial charge in [-0.1, -0.05) is 41.6 Å². The standard InChI is InChI=1S/C21H20ClN5O2S/c1-26-20(16-8-2-3-9-17(16)22)24-25-21(26)30-13-18(28)23-14-6-4-7-15(12-14)27-11-5-10-19(27)29/h2-4,6-9,12H,5,10-11,13H2,1H3,(H,23,28). The van der Waals surface area contributed by atoms with Crippen molar-refractivity contribution in [3.8, 4) is 11.4 Å². The molecule has 2 amide bonds. The molecule has 30 heavy (non-hydrogen) atoms. The average Bonchev–Trinajstić information content (AvgIpc) is 3.32. The summed E-state index contributed by atoms with van der Waals surface area (Å²) in [4.78, 5) is 26.1. The summed E-state index contributed by atoms with van der Waals surface area (Å²) in [5.41, 5.74) is 2.26. The molecule has 1 aliphatic heterocycles. The number of halogens is 1. The number of nitrogens with one attached hydrogen (secondary N) is 1. The molecule has 4 rings (SSSR count). The Labute approximate surface area is 183 Å². The number of nitrogens with zero attached hydrogens (tertiary/aromatic N) is 4. The lowest BCUT2D eigenvalue weighted by atomic mass is 10.2. The smallest absolute Gasteiger partial charge is 0.234 e. The summed E-state index contributed by atoms with van der Waals surface area (Å²) in [7, 11) is 1.84. The number of anilines is 2. The number of aromatic nitrogens is 3.